The molecule has 48 heavy (non-hydrogen) atoms. The lowest BCUT2D eigenvalue weighted by molar-refractivity contribution is -0.137. The van der Waals surface area contributed by atoms with Crippen molar-refractivity contribution in [2.24, 2.45) is 5.92 Å². The molecule has 1 aliphatic heterocycles. The van der Waals surface area contributed by atoms with E-state index in [0.717, 1.165) is 36.8 Å². The Morgan fingerprint density at radius 1 is 1.06 bits per heavy atom. The summed E-state index contributed by atoms with van der Waals surface area (Å²) in [5.41, 5.74) is 2.20. The van der Waals surface area contributed by atoms with E-state index in [0.29, 0.717) is 37.9 Å². The molecule has 2 aromatic rings. The summed E-state index contributed by atoms with van der Waals surface area (Å²) in [5, 5.41) is 14.5. The van der Waals surface area contributed by atoms with E-state index in [2.05, 4.69) is 22.5 Å². The van der Waals surface area contributed by atoms with Gasteiger partial charge in [0.15, 0.2) is 5.69 Å². The summed E-state index contributed by atoms with van der Waals surface area (Å²) in [4.78, 5) is 70.6. The van der Waals surface area contributed by atoms with Gasteiger partial charge in [0, 0.05) is 51.3 Å². The number of nitrogens with one attached hydrogen (secondary N) is 2. The summed E-state index contributed by atoms with van der Waals surface area (Å²) in [5.74, 6) is -1.91. The number of carboxylic acid groups (broad SMARTS) is 1. The minimum absolute atomic E-state index is 0.0105. The van der Waals surface area contributed by atoms with Gasteiger partial charge in [-0.1, -0.05) is 50.5 Å². The highest BCUT2D eigenvalue weighted by atomic mass is 16.6. The number of hydrogen-bond donors (Lipinski definition) is 3. The Hall–Kier alpha value is -4.48. The van der Waals surface area contributed by atoms with Crippen molar-refractivity contribution >= 4 is 35.5 Å². The van der Waals surface area contributed by atoms with Crippen molar-refractivity contribution in [2.75, 3.05) is 38.5 Å². The van der Waals surface area contributed by atoms with Crippen LogP contribution >= 0.6 is 0 Å². The third-order valence-corrected chi connectivity index (χ3v) is 8.12. The lowest BCUT2D eigenvalue weighted by Crippen LogP contribution is -2.46. The molecule has 1 atom stereocenters. The van der Waals surface area contributed by atoms with E-state index in [1.807, 2.05) is 24.3 Å². The smallest absolute Gasteiger partial charge is 0.410 e. The summed E-state index contributed by atoms with van der Waals surface area (Å²) < 4.78 is 5.61. The predicted molar refractivity (Wildman–Crippen MR) is 184 cm³/mol. The molecule has 12 nitrogen and oxygen atoms in total. The van der Waals surface area contributed by atoms with E-state index < -0.39 is 29.5 Å². The molecule has 262 valence electrons. The summed E-state index contributed by atoms with van der Waals surface area (Å²) in [6.07, 6.45) is 6.77. The number of amides is 4. The van der Waals surface area contributed by atoms with Crippen molar-refractivity contribution in [1.82, 2.24) is 20.1 Å². The van der Waals surface area contributed by atoms with Crippen LogP contribution < -0.4 is 10.6 Å². The van der Waals surface area contributed by atoms with Crippen LogP contribution in [0.4, 0.5) is 10.5 Å². The molecule has 0 radical (unpaired) electrons. The van der Waals surface area contributed by atoms with Crippen LogP contribution in [0, 0.1) is 5.92 Å². The third kappa shape index (κ3) is 12.6. The van der Waals surface area contributed by atoms with Gasteiger partial charge in [-0.05, 0) is 69.6 Å². The zero-order valence-electron chi connectivity index (χ0n) is 29.0. The van der Waals surface area contributed by atoms with Crippen molar-refractivity contribution in [3.8, 4) is 11.1 Å². The molecule has 1 unspecified atom stereocenters. The van der Waals surface area contributed by atoms with Crippen LogP contribution in [0.25, 0.3) is 11.1 Å². The molecule has 1 aliphatic rings. The van der Waals surface area contributed by atoms with Crippen LogP contribution in [-0.4, -0.2) is 88.5 Å². The summed E-state index contributed by atoms with van der Waals surface area (Å²) >= 11 is 0. The number of aryl methyl sites for hydroxylation is 1. The number of rotatable bonds is 16. The molecule has 0 saturated carbocycles. The fourth-order valence-electron chi connectivity index (χ4n) is 5.45. The average molecular weight is 666 g/mol. The molecule has 3 rings (SSSR count). The normalized spacial score (nSPS) is 14.7. The van der Waals surface area contributed by atoms with E-state index in [9.17, 15) is 24.0 Å². The predicted octanol–water partition coefficient (Wildman–Crippen LogP) is 5.51. The van der Waals surface area contributed by atoms with Gasteiger partial charge in [0.2, 0.25) is 11.8 Å². The maximum atomic E-state index is 13.6. The highest BCUT2D eigenvalue weighted by Crippen LogP contribution is 2.26. The second kappa shape index (κ2) is 18.2. The van der Waals surface area contributed by atoms with E-state index in [1.165, 1.54) is 4.90 Å². The van der Waals surface area contributed by atoms with Gasteiger partial charge in [-0.3, -0.25) is 24.1 Å². The fraction of sp³-hybridized carbons (Fsp3) is 0.556. The molecule has 0 bridgehead atoms. The number of carbonyl (C=O) groups excluding carboxylic acids is 4. The Balaban J connectivity index is 1.78. The average Bonchev–Trinajstić information content (AvgIpc) is 3.02. The third-order valence-electron chi connectivity index (χ3n) is 8.12. The van der Waals surface area contributed by atoms with Gasteiger partial charge in [0.1, 0.15) is 12.1 Å². The van der Waals surface area contributed by atoms with E-state index >= 15 is 0 Å². The summed E-state index contributed by atoms with van der Waals surface area (Å²) in [7, 11) is 1.75. The molecule has 12 heteroatoms. The summed E-state index contributed by atoms with van der Waals surface area (Å²) in [6.45, 7) is 8.10. The molecule has 2 heterocycles. The molecule has 1 fully saturated rings. The number of carboxylic acids is 1. The first kappa shape index (κ1) is 38.0. The van der Waals surface area contributed by atoms with Gasteiger partial charge in [-0.15, -0.1) is 0 Å². The van der Waals surface area contributed by atoms with Crippen LogP contribution in [0.2, 0.25) is 0 Å². The number of nitrogens with zero attached hydrogens (tertiary/aromatic N) is 3. The number of unbranched alkanes of at least 4 members (excludes halogenated alkanes) is 4. The van der Waals surface area contributed by atoms with Crippen molar-refractivity contribution in [2.45, 2.75) is 91.1 Å². The first-order valence-electron chi connectivity index (χ1n) is 16.9. The SMILES string of the molecule is CCc1cccc(-c2cnc(C(=O)NCCCCCCCC(=O)O)c(NC(=O)CN(CC3CCN(C)C(=O)C3)C(=O)OC(C)(C)C)c2)c1. The highest BCUT2D eigenvalue weighted by molar-refractivity contribution is 6.03. The van der Waals surface area contributed by atoms with Gasteiger partial charge >= 0.3 is 12.1 Å². The molecule has 0 aliphatic carbocycles. The Labute approximate surface area is 283 Å². The van der Waals surface area contributed by atoms with Crippen LogP contribution in [-0.2, 0) is 25.5 Å². The van der Waals surface area contributed by atoms with Gasteiger partial charge in [-0.25, -0.2) is 9.78 Å². The minimum Gasteiger partial charge on any atom is -0.481 e. The van der Waals surface area contributed by atoms with Gasteiger partial charge in [-0.2, -0.15) is 0 Å². The maximum absolute atomic E-state index is 13.6. The number of anilines is 1. The molecule has 0 spiro atoms. The number of benzene rings is 1. The number of aliphatic carboxylic acids is 1. The second-order valence-electron chi connectivity index (χ2n) is 13.4. The van der Waals surface area contributed by atoms with Gasteiger partial charge < -0.3 is 25.4 Å². The van der Waals surface area contributed by atoms with Crippen LogP contribution in [0.3, 0.4) is 0 Å². The molecule has 4 amide bonds. The number of hydrogen-bond acceptors (Lipinski definition) is 7. The standard InChI is InChI=1S/C36H51N5O7/c1-6-25-13-12-14-27(19-25)28-21-29(33(38-22-28)34(46)37-17-11-9-7-8-10-15-32(44)45)39-30(42)24-41(35(47)48-36(2,3)4)23-26-16-18-40(5)31(43)20-26/h12-14,19,21-22,26H,6-11,15-18,20,23-24H2,1-5H3,(H,37,46)(H,39,42)(H,44,45). The topological polar surface area (TPSA) is 158 Å². The molecular weight excluding hydrogens is 614 g/mol. The van der Waals surface area contributed by atoms with Gasteiger partial charge in [0.05, 0.1) is 5.69 Å². The summed E-state index contributed by atoms with van der Waals surface area (Å²) in [6, 6.07) is 9.65. The van der Waals surface area contributed by atoms with Crippen molar-refractivity contribution < 1.29 is 33.8 Å². The Morgan fingerprint density at radius 2 is 1.79 bits per heavy atom. The highest BCUT2D eigenvalue weighted by Gasteiger charge is 2.30. The van der Waals surface area contributed by atoms with E-state index in [-0.39, 0.29) is 49.1 Å². The molecule has 1 aromatic carbocycles. The van der Waals surface area contributed by atoms with Crippen LogP contribution in [0.5, 0.6) is 0 Å². The lowest BCUT2D eigenvalue weighted by atomic mass is 9.96. The minimum atomic E-state index is -0.798. The Bertz CT molecular complexity index is 1440. The number of piperidine rings is 1. The van der Waals surface area contributed by atoms with E-state index in [1.54, 1.807) is 45.0 Å². The molecular formula is C36H51N5O7. The van der Waals surface area contributed by atoms with E-state index in [4.69, 9.17) is 9.84 Å². The van der Waals surface area contributed by atoms with Gasteiger partial charge in [0.25, 0.3) is 5.91 Å². The lowest BCUT2D eigenvalue weighted by Gasteiger charge is -2.33. The van der Waals surface area contributed by atoms with Crippen LogP contribution in [0.15, 0.2) is 36.5 Å². The Morgan fingerprint density at radius 3 is 2.48 bits per heavy atom. The van der Waals surface area contributed by atoms with Crippen molar-refractivity contribution in [3.05, 3.63) is 47.8 Å². The molecule has 3 N–H and O–H groups in total. The molecule has 1 aromatic heterocycles. The monoisotopic (exact) mass is 665 g/mol. The van der Waals surface area contributed by atoms with Crippen molar-refractivity contribution in [1.29, 1.82) is 0 Å². The quantitative estimate of drug-likeness (QED) is 0.198. The fourth-order valence-corrected chi connectivity index (χ4v) is 5.45. The zero-order chi connectivity index (χ0) is 35.3. The molecule has 1 saturated heterocycles. The van der Waals surface area contributed by atoms with Crippen LogP contribution in [0.1, 0.15) is 95.1 Å². The number of aromatic nitrogens is 1. The number of likely N-dealkylation sites (tertiary alicyclic amines) is 1. The second-order valence-corrected chi connectivity index (χ2v) is 13.4. The Kier molecular flexibility index (Phi) is 14.4. The first-order valence-corrected chi connectivity index (χ1v) is 16.9. The first-order chi connectivity index (χ1) is 22.8. The van der Waals surface area contributed by atoms with Crippen molar-refractivity contribution in [3.63, 3.8) is 0 Å². The number of pyridine rings is 1. The zero-order valence-corrected chi connectivity index (χ0v) is 29.0. The number of ether oxygens (including phenoxy) is 1. The maximum Gasteiger partial charge on any atom is 0.410 e. The number of carbonyl (C=O) groups is 5. The largest absolute Gasteiger partial charge is 0.481 e.